The van der Waals surface area contributed by atoms with E-state index >= 15 is 0 Å². The molecule has 1 atom stereocenters. The minimum absolute atomic E-state index is 0.101. The van der Waals surface area contributed by atoms with Gasteiger partial charge in [0.25, 0.3) is 5.91 Å². The summed E-state index contributed by atoms with van der Waals surface area (Å²) in [6.07, 6.45) is 3.87. The van der Waals surface area contributed by atoms with Crippen molar-refractivity contribution in [1.82, 2.24) is 9.88 Å². The summed E-state index contributed by atoms with van der Waals surface area (Å²) in [6, 6.07) is 0. The lowest BCUT2D eigenvalue weighted by Crippen LogP contribution is -2.48. The van der Waals surface area contributed by atoms with Crippen LogP contribution < -0.4 is 10.6 Å². The van der Waals surface area contributed by atoms with E-state index < -0.39 is 5.60 Å². The van der Waals surface area contributed by atoms with Crippen LogP contribution in [0.5, 0.6) is 0 Å². The van der Waals surface area contributed by atoms with Crippen LogP contribution in [-0.4, -0.2) is 52.7 Å². The van der Waals surface area contributed by atoms with Gasteiger partial charge in [-0.25, -0.2) is 4.98 Å². The largest absolute Gasteiger partial charge is 0.388 e. The molecule has 0 radical (unpaired) electrons. The van der Waals surface area contributed by atoms with Crippen molar-refractivity contribution in [2.45, 2.75) is 38.2 Å². The second-order valence-corrected chi connectivity index (χ2v) is 7.21. The van der Waals surface area contributed by atoms with Crippen LogP contribution in [0.4, 0.5) is 10.9 Å². The van der Waals surface area contributed by atoms with Gasteiger partial charge in [-0.1, -0.05) is 11.3 Å². The van der Waals surface area contributed by atoms with Crippen LogP contribution in [0.1, 0.15) is 42.3 Å². The summed E-state index contributed by atoms with van der Waals surface area (Å²) in [7, 11) is 0. The fourth-order valence-corrected chi connectivity index (χ4v) is 4.06. The topological polar surface area (TPSA) is 82.7 Å². The maximum Gasteiger partial charge on any atom is 0.267 e. The molecule has 0 saturated carbocycles. The molecule has 0 aromatic carbocycles. The molecule has 0 spiro atoms. The Morgan fingerprint density at radius 1 is 1.33 bits per heavy atom. The molecule has 3 heterocycles. The number of aliphatic hydroxyl groups is 1. The molecule has 2 aliphatic rings. The molecule has 2 saturated heterocycles. The normalized spacial score (nSPS) is 26.4. The smallest absolute Gasteiger partial charge is 0.267 e. The molecule has 21 heavy (non-hydrogen) atoms. The highest BCUT2D eigenvalue weighted by molar-refractivity contribution is 7.18. The molecule has 1 aromatic heterocycles. The second kappa shape index (κ2) is 5.46. The van der Waals surface area contributed by atoms with E-state index in [-0.39, 0.29) is 5.91 Å². The molecule has 116 valence electrons. The lowest BCUT2D eigenvalue weighted by Gasteiger charge is -2.36. The zero-order valence-electron chi connectivity index (χ0n) is 12.3. The number of rotatable bonds is 2. The Bertz CT molecular complexity index is 537. The van der Waals surface area contributed by atoms with E-state index in [1.165, 1.54) is 11.3 Å². The number of hydrogen-bond donors (Lipinski definition) is 2. The highest BCUT2D eigenvalue weighted by atomic mass is 32.1. The first-order chi connectivity index (χ1) is 9.96. The number of nitrogens with zero attached hydrogens (tertiary/aromatic N) is 3. The van der Waals surface area contributed by atoms with Crippen molar-refractivity contribution >= 4 is 28.2 Å². The van der Waals surface area contributed by atoms with E-state index in [2.05, 4.69) is 9.88 Å². The van der Waals surface area contributed by atoms with Crippen LogP contribution in [0, 0.1) is 0 Å². The third-order valence-corrected chi connectivity index (χ3v) is 5.29. The molecule has 0 bridgehead atoms. The Kier molecular flexibility index (Phi) is 3.79. The summed E-state index contributed by atoms with van der Waals surface area (Å²) in [5, 5.41) is 11.0. The number of anilines is 2. The van der Waals surface area contributed by atoms with Gasteiger partial charge in [0.15, 0.2) is 5.13 Å². The average molecular weight is 310 g/mol. The van der Waals surface area contributed by atoms with Gasteiger partial charge in [0.05, 0.1) is 5.60 Å². The molecular weight excluding hydrogens is 288 g/mol. The van der Waals surface area contributed by atoms with Gasteiger partial charge in [0.2, 0.25) is 0 Å². The molecule has 6 nitrogen and oxygen atoms in total. The molecule has 3 N–H and O–H groups in total. The van der Waals surface area contributed by atoms with Gasteiger partial charge >= 0.3 is 0 Å². The van der Waals surface area contributed by atoms with E-state index in [1.54, 1.807) is 11.8 Å². The van der Waals surface area contributed by atoms with Crippen LogP contribution in [-0.2, 0) is 0 Å². The maximum atomic E-state index is 12.6. The molecule has 2 aliphatic heterocycles. The lowest BCUT2D eigenvalue weighted by molar-refractivity contribution is -0.0105. The second-order valence-electron chi connectivity index (χ2n) is 6.23. The van der Waals surface area contributed by atoms with Crippen LogP contribution >= 0.6 is 11.3 Å². The monoisotopic (exact) mass is 310 g/mol. The zero-order chi connectivity index (χ0) is 15.0. The highest BCUT2D eigenvalue weighted by Gasteiger charge is 2.33. The van der Waals surface area contributed by atoms with Crippen molar-refractivity contribution in [3.63, 3.8) is 0 Å². The fraction of sp³-hybridized carbons (Fsp3) is 0.714. The summed E-state index contributed by atoms with van der Waals surface area (Å²) in [4.78, 5) is 21.4. The van der Waals surface area contributed by atoms with Crippen molar-refractivity contribution in [2.75, 3.05) is 36.8 Å². The SMILES string of the molecule is CC1(O)CCCN(C(=O)c2sc(N3CCCC3)nc2N)C1. The maximum absolute atomic E-state index is 12.6. The summed E-state index contributed by atoms with van der Waals surface area (Å²) >= 11 is 1.38. The van der Waals surface area contributed by atoms with Gasteiger partial charge in [0, 0.05) is 26.2 Å². The number of likely N-dealkylation sites (tertiary alicyclic amines) is 1. The lowest BCUT2D eigenvalue weighted by atomic mass is 9.95. The minimum Gasteiger partial charge on any atom is -0.388 e. The summed E-state index contributed by atoms with van der Waals surface area (Å²) in [6.45, 7) is 4.78. The highest BCUT2D eigenvalue weighted by Crippen LogP contribution is 2.32. The Morgan fingerprint density at radius 2 is 2.05 bits per heavy atom. The Hall–Kier alpha value is -1.34. The number of carbonyl (C=O) groups excluding carboxylic acids is 1. The molecule has 1 aromatic rings. The zero-order valence-corrected chi connectivity index (χ0v) is 13.2. The van der Waals surface area contributed by atoms with Crippen molar-refractivity contribution < 1.29 is 9.90 Å². The Morgan fingerprint density at radius 3 is 2.71 bits per heavy atom. The average Bonchev–Trinajstić information content (AvgIpc) is 3.05. The van der Waals surface area contributed by atoms with E-state index in [0.29, 0.717) is 23.8 Å². The van der Waals surface area contributed by atoms with Crippen LogP contribution in [0.25, 0.3) is 0 Å². The fourth-order valence-electron chi connectivity index (χ4n) is 3.05. The number of β-amino-alcohol motifs (C(OH)–C–C–N with tert-alkyl or cyclic N) is 1. The van der Waals surface area contributed by atoms with E-state index in [4.69, 9.17) is 5.73 Å². The number of nitrogen functional groups attached to an aromatic ring is 1. The first-order valence-corrected chi connectivity index (χ1v) is 8.31. The molecule has 2 fully saturated rings. The summed E-state index contributed by atoms with van der Waals surface area (Å²) in [5.41, 5.74) is 5.15. The third-order valence-electron chi connectivity index (χ3n) is 4.17. The number of thiazole rings is 1. The van der Waals surface area contributed by atoms with E-state index in [9.17, 15) is 9.90 Å². The summed E-state index contributed by atoms with van der Waals surface area (Å²) < 4.78 is 0. The van der Waals surface area contributed by atoms with Crippen molar-refractivity contribution in [1.29, 1.82) is 0 Å². The quantitative estimate of drug-likeness (QED) is 0.860. The Labute approximate surface area is 128 Å². The van der Waals surface area contributed by atoms with Crippen LogP contribution in [0.3, 0.4) is 0 Å². The molecule has 3 rings (SSSR count). The van der Waals surface area contributed by atoms with E-state index in [0.717, 1.165) is 43.9 Å². The predicted molar refractivity (Wildman–Crippen MR) is 83.7 cm³/mol. The van der Waals surface area contributed by atoms with Gasteiger partial charge in [0.1, 0.15) is 10.7 Å². The van der Waals surface area contributed by atoms with Gasteiger partial charge in [-0.3, -0.25) is 4.79 Å². The van der Waals surface area contributed by atoms with Gasteiger partial charge in [-0.05, 0) is 32.6 Å². The van der Waals surface area contributed by atoms with Gasteiger partial charge in [-0.15, -0.1) is 0 Å². The first kappa shape index (κ1) is 14.6. The molecule has 1 unspecified atom stereocenters. The molecule has 0 aliphatic carbocycles. The molecule has 7 heteroatoms. The van der Waals surface area contributed by atoms with Crippen LogP contribution in [0.2, 0.25) is 0 Å². The number of aromatic nitrogens is 1. The van der Waals surface area contributed by atoms with Crippen LogP contribution in [0.15, 0.2) is 0 Å². The first-order valence-electron chi connectivity index (χ1n) is 7.49. The van der Waals surface area contributed by atoms with Crippen molar-refractivity contribution in [2.24, 2.45) is 0 Å². The minimum atomic E-state index is -0.800. The Balaban J connectivity index is 1.78. The van der Waals surface area contributed by atoms with Crippen molar-refractivity contribution in [3.05, 3.63) is 4.88 Å². The predicted octanol–water partition coefficient (Wildman–Crippen LogP) is 1.31. The van der Waals surface area contributed by atoms with Crippen molar-refractivity contribution in [3.8, 4) is 0 Å². The number of nitrogens with two attached hydrogens (primary N) is 1. The number of carbonyl (C=O) groups is 1. The number of hydrogen-bond acceptors (Lipinski definition) is 6. The van der Waals surface area contributed by atoms with E-state index in [1.807, 2.05) is 0 Å². The summed E-state index contributed by atoms with van der Waals surface area (Å²) in [5.74, 6) is 0.215. The number of amides is 1. The third kappa shape index (κ3) is 2.98. The van der Waals surface area contributed by atoms with Gasteiger partial charge < -0.3 is 20.6 Å². The molecule has 1 amide bonds. The van der Waals surface area contributed by atoms with Gasteiger partial charge in [-0.2, -0.15) is 0 Å². The standard InChI is InChI=1S/C14H22N4O2S/c1-14(20)5-4-8-18(9-14)12(19)10-11(15)16-13(21-10)17-6-2-3-7-17/h20H,2-9,15H2,1H3. The number of piperidine rings is 1. The molecular formula is C14H22N4O2S.